The molecule has 3 N–H and O–H groups in total. The van der Waals surface area contributed by atoms with E-state index >= 15 is 0 Å². The molecule has 0 saturated carbocycles. The predicted molar refractivity (Wildman–Crippen MR) is 82.1 cm³/mol. The van der Waals surface area contributed by atoms with Crippen molar-refractivity contribution in [2.24, 2.45) is 13.0 Å². The van der Waals surface area contributed by atoms with Crippen LogP contribution in [0.25, 0.3) is 0 Å². The molecule has 7 heteroatoms. The van der Waals surface area contributed by atoms with Crippen molar-refractivity contribution in [2.45, 2.75) is 32.0 Å². The SMILES string of the molecule is Cc1cn(C)c([C@H](O)[C@@H](O)C(=O)NCC2CCN(C)CC2)n1. The average Bonchev–Trinajstić information content (AvgIpc) is 2.83. The third-order valence-corrected chi connectivity index (χ3v) is 4.27. The largest absolute Gasteiger partial charge is 0.382 e. The maximum absolute atomic E-state index is 12.0. The molecule has 1 saturated heterocycles. The van der Waals surface area contributed by atoms with Gasteiger partial charge in [-0.15, -0.1) is 0 Å². The molecule has 124 valence electrons. The van der Waals surface area contributed by atoms with Gasteiger partial charge < -0.3 is 25.0 Å². The van der Waals surface area contributed by atoms with Crippen LogP contribution in [0.4, 0.5) is 0 Å². The van der Waals surface area contributed by atoms with E-state index in [1.54, 1.807) is 24.7 Å². The Bertz CT molecular complexity index is 509. The van der Waals surface area contributed by atoms with E-state index in [1.807, 2.05) is 0 Å². The van der Waals surface area contributed by atoms with E-state index < -0.39 is 18.1 Å². The van der Waals surface area contributed by atoms with E-state index in [4.69, 9.17) is 0 Å². The summed E-state index contributed by atoms with van der Waals surface area (Å²) in [7, 11) is 3.81. The summed E-state index contributed by atoms with van der Waals surface area (Å²) in [6.07, 6.45) is 0.979. The Morgan fingerprint density at radius 3 is 2.59 bits per heavy atom. The van der Waals surface area contributed by atoms with Gasteiger partial charge in [-0.2, -0.15) is 0 Å². The number of aliphatic hydroxyl groups is 2. The molecule has 7 nitrogen and oxygen atoms in total. The Kier molecular flexibility index (Phi) is 5.55. The Morgan fingerprint density at radius 2 is 2.05 bits per heavy atom. The number of rotatable bonds is 5. The molecular formula is C15H26N4O3. The minimum absolute atomic E-state index is 0.291. The second-order valence-electron chi connectivity index (χ2n) is 6.23. The van der Waals surface area contributed by atoms with Crippen molar-refractivity contribution >= 4 is 5.91 Å². The van der Waals surface area contributed by atoms with Crippen LogP contribution in [0.3, 0.4) is 0 Å². The molecule has 1 aliphatic heterocycles. The molecule has 0 aliphatic carbocycles. The van der Waals surface area contributed by atoms with Gasteiger partial charge in [-0.1, -0.05) is 0 Å². The number of nitrogens with zero attached hydrogens (tertiary/aromatic N) is 3. The smallest absolute Gasteiger partial charge is 0.252 e. The van der Waals surface area contributed by atoms with Gasteiger partial charge in [-0.25, -0.2) is 4.98 Å². The van der Waals surface area contributed by atoms with E-state index in [-0.39, 0.29) is 0 Å². The quantitative estimate of drug-likeness (QED) is 0.687. The summed E-state index contributed by atoms with van der Waals surface area (Å²) < 4.78 is 1.62. The molecule has 2 atom stereocenters. The van der Waals surface area contributed by atoms with Crippen LogP contribution in [0.15, 0.2) is 6.20 Å². The van der Waals surface area contributed by atoms with Gasteiger partial charge in [0, 0.05) is 19.8 Å². The predicted octanol–water partition coefficient (Wildman–Crippen LogP) is -0.419. The van der Waals surface area contributed by atoms with Crippen LogP contribution in [0, 0.1) is 12.8 Å². The number of aliphatic hydroxyl groups excluding tert-OH is 2. The zero-order valence-electron chi connectivity index (χ0n) is 13.5. The lowest BCUT2D eigenvalue weighted by Gasteiger charge is -2.29. The summed E-state index contributed by atoms with van der Waals surface area (Å²) in [6.45, 7) is 4.38. The number of carbonyl (C=O) groups is 1. The van der Waals surface area contributed by atoms with Crippen LogP contribution in [0.5, 0.6) is 0 Å². The number of likely N-dealkylation sites (tertiary alicyclic amines) is 1. The Labute approximate surface area is 131 Å². The molecule has 1 aromatic rings. The van der Waals surface area contributed by atoms with Gasteiger partial charge in [0.05, 0.1) is 5.69 Å². The first-order valence-corrected chi connectivity index (χ1v) is 7.70. The maximum Gasteiger partial charge on any atom is 0.252 e. The fourth-order valence-corrected chi connectivity index (χ4v) is 2.81. The minimum atomic E-state index is -1.51. The Balaban J connectivity index is 1.85. The van der Waals surface area contributed by atoms with Crippen LogP contribution in [-0.4, -0.2) is 63.4 Å². The minimum Gasteiger partial charge on any atom is -0.382 e. The summed E-state index contributed by atoms with van der Waals surface area (Å²) in [6, 6.07) is 0. The van der Waals surface area contributed by atoms with Gasteiger partial charge in [-0.05, 0) is 45.8 Å². The molecule has 0 spiro atoms. The van der Waals surface area contributed by atoms with Crippen LogP contribution >= 0.6 is 0 Å². The highest BCUT2D eigenvalue weighted by atomic mass is 16.3. The first kappa shape index (κ1) is 16.9. The second-order valence-corrected chi connectivity index (χ2v) is 6.23. The molecule has 2 heterocycles. The summed E-state index contributed by atoms with van der Waals surface area (Å²) >= 11 is 0. The third-order valence-electron chi connectivity index (χ3n) is 4.27. The van der Waals surface area contributed by atoms with Gasteiger partial charge >= 0.3 is 0 Å². The van der Waals surface area contributed by atoms with Gasteiger partial charge in [0.15, 0.2) is 6.10 Å². The molecule has 2 rings (SSSR count). The molecule has 0 bridgehead atoms. The summed E-state index contributed by atoms with van der Waals surface area (Å²) in [4.78, 5) is 18.4. The molecule has 0 radical (unpaired) electrons. The molecule has 0 aromatic carbocycles. The lowest BCUT2D eigenvalue weighted by molar-refractivity contribution is -0.136. The highest BCUT2D eigenvalue weighted by Gasteiger charge is 2.29. The zero-order valence-corrected chi connectivity index (χ0v) is 13.5. The lowest BCUT2D eigenvalue weighted by Crippen LogP contribution is -2.43. The zero-order chi connectivity index (χ0) is 16.3. The van der Waals surface area contributed by atoms with E-state index in [1.165, 1.54) is 0 Å². The second kappa shape index (κ2) is 7.21. The molecule has 0 unspecified atom stereocenters. The van der Waals surface area contributed by atoms with Crippen molar-refractivity contribution in [3.63, 3.8) is 0 Å². The monoisotopic (exact) mass is 310 g/mol. The van der Waals surface area contributed by atoms with Gasteiger partial charge in [0.2, 0.25) is 0 Å². The maximum atomic E-state index is 12.0. The number of hydrogen-bond donors (Lipinski definition) is 3. The van der Waals surface area contributed by atoms with E-state index in [0.717, 1.165) is 31.6 Å². The molecule has 1 amide bonds. The number of imidazole rings is 1. The number of nitrogens with one attached hydrogen (secondary N) is 1. The highest BCUT2D eigenvalue weighted by Crippen LogP contribution is 2.17. The normalized spacial score (nSPS) is 19.9. The molecule has 1 aromatic heterocycles. The number of hydrogen-bond acceptors (Lipinski definition) is 5. The standard InChI is InChI=1S/C15H26N4O3/c1-10-9-19(3)14(17-10)12(20)13(21)15(22)16-8-11-4-6-18(2)7-5-11/h9,11-13,20-21H,4-8H2,1-3H3,(H,16,22)/t12-,13-/m1/s1. The topological polar surface area (TPSA) is 90.6 Å². The Morgan fingerprint density at radius 1 is 1.41 bits per heavy atom. The lowest BCUT2D eigenvalue weighted by atomic mass is 9.97. The molecule has 22 heavy (non-hydrogen) atoms. The molecular weight excluding hydrogens is 284 g/mol. The van der Waals surface area contributed by atoms with Crippen LogP contribution in [-0.2, 0) is 11.8 Å². The van der Waals surface area contributed by atoms with Crippen molar-refractivity contribution in [3.8, 4) is 0 Å². The highest BCUT2D eigenvalue weighted by molar-refractivity contribution is 5.81. The molecule has 1 fully saturated rings. The fourth-order valence-electron chi connectivity index (χ4n) is 2.81. The van der Waals surface area contributed by atoms with Gasteiger partial charge in [0.1, 0.15) is 11.9 Å². The van der Waals surface area contributed by atoms with Crippen LogP contribution in [0.1, 0.15) is 30.5 Å². The first-order valence-electron chi connectivity index (χ1n) is 7.70. The van der Waals surface area contributed by atoms with Gasteiger partial charge in [0.25, 0.3) is 5.91 Å². The van der Waals surface area contributed by atoms with Crippen LogP contribution in [0.2, 0.25) is 0 Å². The summed E-state index contributed by atoms with van der Waals surface area (Å²) in [5, 5.41) is 22.9. The van der Waals surface area contributed by atoms with Crippen LogP contribution < -0.4 is 5.32 Å². The Hall–Kier alpha value is -1.44. The van der Waals surface area contributed by atoms with E-state index in [0.29, 0.717) is 18.3 Å². The number of aryl methyl sites for hydroxylation is 2. The van der Waals surface area contributed by atoms with E-state index in [2.05, 4.69) is 22.2 Å². The average molecular weight is 310 g/mol. The summed E-state index contributed by atoms with van der Waals surface area (Å²) in [5.74, 6) is 0.173. The van der Waals surface area contributed by atoms with Crippen molar-refractivity contribution in [2.75, 3.05) is 26.7 Å². The first-order chi connectivity index (χ1) is 10.4. The number of piperidine rings is 1. The van der Waals surface area contributed by atoms with Crippen molar-refractivity contribution in [1.29, 1.82) is 0 Å². The summed E-state index contributed by atoms with van der Waals surface area (Å²) in [5.41, 5.74) is 0.732. The van der Waals surface area contributed by atoms with Crippen molar-refractivity contribution in [1.82, 2.24) is 19.8 Å². The number of amides is 1. The van der Waals surface area contributed by atoms with Gasteiger partial charge in [-0.3, -0.25) is 4.79 Å². The van der Waals surface area contributed by atoms with Crippen molar-refractivity contribution in [3.05, 3.63) is 17.7 Å². The fraction of sp³-hybridized carbons (Fsp3) is 0.733. The number of carbonyl (C=O) groups excluding carboxylic acids is 1. The third kappa shape index (κ3) is 4.06. The molecule has 1 aliphatic rings. The number of aromatic nitrogens is 2. The van der Waals surface area contributed by atoms with Crippen molar-refractivity contribution < 1.29 is 15.0 Å². The van der Waals surface area contributed by atoms with E-state index in [9.17, 15) is 15.0 Å².